The Labute approximate surface area is 134 Å². The molecule has 5 nitrogen and oxygen atoms in total. The summed E-state index contributed by atoms with van der Waals surface area (Å²) < 4.78 is 26.6. The summed E-state index contributed by atoms with van der Waals surface area (Å²) in [5.41, 5.74) is 1.74. The fourth-order valence-corrected chi connectivity index (χ4v) is 3.00. The number of hydrogen-bond donors (Lipinski definition) is 1. The van der Waals surface area contributed by atoms with Gasteiger partial charge in [-0.15, -0.1) is 11.6 Å². The molecule has 0 amide bonds. The maximum absolute atomic E-state index is 11.1. The molecule has 1 unspecified atom stereocenters. The van der Waals surface area contributed by atoms with E-state index in [-0.39, 0.29) is 5.38 Å². The van der Waals surface area contributed by atoms with Crippen LogP contribution in [-0.2, 0) is 16.6 Å². The van der Waals surface area contributed by atoms with E-state index in [4.69, 9.17) is 23.2 Å². The van der Waals surface area contributed by atoms with Crippen molar-refractivity contribution in [2.45, 2.75) is 25.3 Å². The van der Waals surface area contributed by atoms with E-state index in [1.807, 2.05) is 17.6 Å². The van der Waals surface area contributed by atoms with Gasteiger partial charge in [0.2, 0.25) is 10.0 Å². The second-order valence-corrected chi connectivity index (χ2v) is 7.81. The summed E-state index contributed by atoms with van der Waals surface area (Å²) in [4.78, 5) is 4.51. The zero-order valence-electron chi connectivity index (χ0n) is 11.8. The molecule has 0 aliphatic heterocycles. The molecule has 1 N–H and O–H groups in total. The number of aryl methyl sites for hydroxylation is 1. The molecule has 2 aromatic rings. The molecule has 2 rings (SSSR count). The van der Waals surface area contributed by atoms with Gasteiger partial charge in [0.1, 0.15) is 5.82 Å². The summed E-state index contributed by atoms with van der Waals surface area (Å²) in [6.07, 6.45) is 1.80. The molecule has 116 valence electrons. The van der Waals surface area contributed by atoms with Gasteiger partial charge in [0.15, 0.2) is 0 Å². The van der Waals surface area contributed by atoms with Gasteiger partial charge < -0.3 is 4.57 Å². The minimum absolute atomic E-state index is 0.237. The number of benzene rings is 1. The average Bonchev–Trinajstić information content (AvgIpc) is 2.71. The van der Waals surface area contributed by atoms with E-state index in [2.05, 4.69) is 9.71 Å². The number of halogens is 2. The topological polar surface area (TPSA) is 64.0 Å². The van der Waals surface area contributed by atoms with Gasteiger partial charge in [0, 0.05) is 18.1 Å². The van der Waals surface area contributed by atoms with Gasteiger partial charge in [-0.1, -0.05) is 11.6 Å². The summed E-state index contributed by atoms with van der Waals surface area (Å²) in [5.74, 6) is 0.758. The molecule has 0 aliphatic rings. The first-order valence-corrected chi connectivity index (χ1v) is 9.23. The quantitative estimate of drug-likeness (QED) is 0.644. The lowest BCUT2D eigenvalue weighted by atomic mass is 10.3. The number of nitrogens with zero attached hydrogens (tertiary/aromatic N) is 2. The number of aromatic nitrogens is 2. The predicted molar refractivity (Wildman–Crippen MR) is 86.5 cm³/mol. The lowest BCUT2D eigenvalue weighted by Crippen LogP contribution is -2.24. The van der Waals surface area contributed by atoms with Crippen LogP contribution < -0.4 is 4.72 Å². The van der Waals surface area contributed by atoms with Crippen molar-refractivity contribution in [3.8, 4) is 0 Å². The van der Waals surface area contributed by atoms with Crippen molar-refractivity contribution in [3.63, 3.8) is 0 Å². The Kier molecular flexibility index (Phi) is 5.14. The second kappa shape index (κ2) is 6.52. The minimum atomic E-state index is -3.16. The van der Waals surface area contributed by atoms with E-state index < -0.39 is 10.0 Å². The molecule has 0 fully saturated rings. The van der Waals surface area contributed by atoms with E-state index in [9.17, 15) is 8.42 Å². The highest BCUT2D eigenvalue weighted by atomic mass is 35.5. The van der Waals surface area contributed by atoms with Gasteiger partial charge in [0.25, 0.3) is 0 Å². The highest BCUT2D eigenvalue weighted by molar-refractivity contribution is 7.88. The van der Waals surface area contributed by atoms with Crippen LogP contribution in [0.2, 0.25) is 5.02 Å². The smallest absolute Gasteiger partial charge is 0.208 e. The Morgan fingerprint density at radius 1 is 1.43 bits per heavy atom. The first-order valence-electron chi connectivity index (χ1n) is 6.52. The first kappa shape index (κ1) is 16.5. The van der Waals surface area contributed by atoms with Crippen LogP contribution in [0.15, 0.2) is 18.2 Å². The predicted octanol–water partition coefficient (Wildman–Crippen LogP) is 2.93. The fraction of sp³-hybridized carbons (Fsp3) is 0.462. The number of imidazole rings is 1. The molecule has 1 heterocycles. The molecule has 1 aromatic carbocycles. The third kappa shape index (κ3) is 4.32. The number of hydrogen-bond acceptors (Lipinski definition) is 3. The van der Waals surface area contributed by atoms with Crippen LogP contribution in [0.5, 0.6) is 0 Å². The summed E-state index contributed by atoms with van der Waals surface area (Å²) in [7, 11) is -3.16. The SMILES string of the molecule is CC(Cl)c1nc2cc(Cl)ccc2n1CCCNS(C)(=O)=O. The standard InChI is InChI=1S/C13H17Cl2N3O2S/c1-9(14)13-17-11-8-10(15)4-5-12(11)18(13)7-3-6-16-21(2,19)20/h4-5,8-9,16H,3,6-7H2,1-2H3. The first-order chi connectivity index (χ1) is 9.78. The third-order valence-electron chi connectivity index (χ3n) is 3.02. The fourth-order valence-electron chi connectivity index (χ4n) is 2.15. The molecule has 0 radical (unpaired) electrons. The molecule has 1 atom stereocenters. The van der Waals surface area contributed by atoms with Crippen LogP contribution in [0, 0.1) is 0 Å². The second-order valence-electron chi connectivity index (χ2n) is 4.89. The zero-order valence-corrected chi connectivity index (χ0v) is 14.1. The van der Waals surface area contributed by atoms with Crippen molar-refractivity contribution >= 4 is 44.3 Å². The Balaban J connectivity index is 2.22. The van der Waals surface area contributed by atoms with E-state index in [0.29, 0.717) is 24.5 Å². The van der Waals surface area contributed by atoms with Crippen LogP contribution >= 0.6 is 23.2 Å². The van der Waals surface area contributed by atoms with Crippen molar-refractivity contribution in [2.24, 2.45) is 0 Å². The summed E-state index contributed by atoms with van der Waals surface area (Å²) in [6, 6.07) is 5.50. The van der Waals surface area contributed by atoms with E-state index in [0.717, 1.165) is 23.1 Å². The molecular weight excluding hydrogens is 333 g/mol. The van der Waals surface area contributed by atoms with Gasteiger partial charge >= 0.3 is 0 Å². The Bertz CT molecular complexity index is 741. The van der Waals surface area contributed by atoms with Gasteiger partial charge in [-0.2, -0.15) is 0 Å². The zero-order chi connectivity index (χ0) is 15.6. The van der Waals surface area contributed by atoms with Crippen molar-refractivity contribution in [3.05, 3.63) is 29.0 Å². The van der Waals surface area contributed by atoms with Crippen LogP contribution in [0.4, 0.5) is 0 Å². The lowest BCUT2D eigenvalue weighted by Gasteiger charge is -2.10. The van der Waals surface area contributed by atoms with E-state index >= 15 is 0 Å². The maximum Gasteiger partial charge on any atom is 0.208 e. The van der Waals surface area contributed by atoms with Crippen molar-refractivity contribution in [2.75, 3.05) is 12.8 Å². The monoisotopic (exact) mass is 349 g/mol. The Morgan fingerprint density at radius 2 is 2.14 bits per heavy atom. The highest BCUT2D eigenvalue weighted by Crippen LogP contribution is 2.26. The van der Waals surface area contributed by atoms with Crippen molar-refractivity contribution in [1.82, 2.24) is 14.3 Å². The number of alkyl halides is 1. The van der Waals surface area contributed by atoms with Crippen LogP contribution in [0.25, 0.3) is 11.0 Å². The molecule has 0 saturated carbocycles. The molecular formula is C13H17Cl2N3O2S. The normalized spacial score (nSPS) is 13.7. The number of nitrogens with one attached hydrogen (secondary N) is 1. The Morgan fingerprint density at radius 3 is 2.76 bits per heavy atom. The van der Waals surface area contributed by atoms with Crippen LogP contribution in [0.3, 0.4) is 0 Å². The van der Waals surface area contributed by atoms with Gasteiger partial charge in [0.05, 0.1) is 22.7 Å². The van der Waals surface area contributed by atoms with Gasteiger partial charge in [-0.25, -0.2) is 18.1 Å². The Hall–Kier alpha value is -0.820. The molecule has 1 aromatic heterocycles. The lowest BCUT2D eigenvalue weighted by molar-refractivity contribution is 0.573. The van der Waals surface area contributed by atoms with Crippen LogP contribution in [-0.4, -0.2) is 30.8 Å². The average molecular weight is 350 g/mol. The number of sulfonamides is 1. The van der Waals surface area contributed by atoms with Crippen LogP contribution in [0.1, 0.15) is 24.5 Å². The molecule has 0 aliphatic carbocycles. The van der Waals surface area contributed by atoms with E-state index in [1.165, 1.54) is 0 Å². The van der Waals surface area contributed by atoms with Gasteiger partial charge in [-0.05, 0) is 31.5 Å². The summed E-state index contributed by atoms with van der Waals surface area (Å²) in [6.45, 7) is 2.87. The molecule has 8 heteroatoms. The molecule has 21 heavy (non-hydrogen) atoms. The number of rotatable bonds is 6. The largest absolute Gasteiger partial charge is 0.327 e. The maximum atomic E-state index is 11.1. The van der Waals surface area contributed by atoms with E-state index in [1.54, 1.807) is 12.1 Å². The summed E-state index contributed by atoms with van der Waals surface area (Å²) >= 11 is 12.2. The van der Waals surface area contributed by atoms with Crippen molar-refractivity contribution < 1.29 is 8.42 Å². The minimum Gasteiger partial charge on any atom is -0.327 e. The molecule has 0 saturated heterocycles. The summed E-state index contributed by atoms with van der Waals surface area (Å²) in [5, 5.41) is 0.388. The number of fused-ring (bicyclic) bond motifs is 1. The van der Waals surface area contributed by atoms with Gasteiger partial charge in [-0.3, -0.25) is 0 Å². The van der Waals surface area contributed by atoms with Crippen molar-refractivity contribution in [1.29, 1.82) is 0 Å². The third-order valence-corrected chi connectivity index (χ3v) is 4.18. The highest BCUT2D eigenvalue weighted by Gasteiger charge is 2.15. The molecule has 0 spiro atoms. The molecule has 0 bridgehead atoms.